The van der Waals surface area contributed by atoms with E-state index in [0.29, 0.717) is 17.8 Å². The van der Waals surface area contributed by atoms with Crippen LogP contribution in [0, 0.1) is 5.82 Å². The zero-order valence-electron chi connectivity index (χ0n) is 18.0. The van der Waals surface area contributed by atoms with Gasteiger partial charge in [0.1, 0.15) is 24.3 Å². The molecule has 1 unspecified atom stereocenters. The number of piperidine rings is 1. The number of nitrogens with zero attached hydrogens (tertiary/aromatic N) is 2. The van der Waals surface area contributed by atoms with Gasteiger partial charge in [-0.2, -0.15) is 0 Å². The van der Waals surface area contributed by atoms with Gasteiger partial charge in [0, 0.05) is 45.9 Å². The minimum absolute atomic E-state index is 0. The van der Waals surface area contributed by atoms with Crippen molar-refractivity contribution in [1.82, 2.24) is 15.5 Å². The van der Waals surface area contributed by atoms with Crippen LogP contribution in [0.2, 0.25) is 0 Å². The Morgan fingerprint density at radius 1 is 1.30 bits per heavy atom. The first-order chi connectivity index (χ1) is 14.1. The predicted octanol–water partition coefficient (Wildman–Crippen LogP) is 2.24. The lowest BCUT2D eigenvalue weighted by molar-refractivity contribution is 0.114. The topological polar surface area (TPSA) is 78.4 Å². The van der Waals surface area contributed by atoms with Crippen LogP contribution in [-0.2, 0) is 4.74 Å². The fraction of sp³-hybridized carbons (Fsp3) is 0.667. The summed E-state index contributed by atoms with van der Waals surface area (Å²) in [5.74, 6) is 0.924. The highest BCUT2D eigenvalue weighted by molar-refractivity contribution is 14.0. The summed E-state index contributed by atoms with van der Waals surface area (Å²) >= 11 is 0. The van der Waals surface area contributed by atoms with Gasteiger partial charge in [-0.05, 0) is 50.5 Å². The number of methoxy groups -OCH3 is 1. The van der Waals surface area contributed by atoms with Crippen LogP contribution in [0.25, 0.3) is 0 Å². The quantitative estimate of drug-likeness (QED) is 0.174. The fourth-order valence-corrected chi connectivity index (χ4v) is 3.22. The van der Waals surface area contributed by atoms with E-state index >= 15 is 0 Å². The lowest BCUT2D eigenvalue weighted by Crippen LogP contribution is -2.49. The molecule has 30 heavy (non-hydrogen) atoms. The number of aliphatic imine (C=N–C) groups is 1. The van der Waals surface area contributed by atoms with E-state index in [4.69, 9.17) is 9.47 Å². The summed E-state index contributed by atoms with van der Waals surface area (Å²) < 4.78 is 23.5. The zero-order valence-corrected chi connectivity index (χ0v) is 20.3. The van der Waals surface area contributed by atoms with Gasteiger partial charge in [-0.25, -0.2) is 4.39 Å². The lowest BCUT2D eigenvalue weighted by Gasteiger charge is -2.33. The van der Waals surface area contributed by atoms with E-state index in [1.165, 1.54) is 12.1 Å². The Bertz CT molecular complexity index is 598. The van der Waals surface area contributed by atoms with Gasteiger partial charge in [0.2, 0.25) is 0 Å². The Morgan fingerprint density at radius 3 is 2.63 bits per heavy atom. The number of hydrogen-bond donors (Lipinski definition) is 3. The van der Waals surface area contributed by atoms with Crippen molar-refractivity contribution in [2.75, 3.05) is 53.0 Å². The summed E-state index contributed by atoms with van der Waals surface area (Å²) in [7, 11) is 1.74. The summed E-state index contributed by atoms with van der Waals surface area (Å²) in [6.45, 7) is 7.12. The maximum atomic E-state index is 12.9. The van der Waals surface area contributed by atoms with Crippen molar-refractivity contribution in [2.24, 2.45) is 4.99 Å². The van der Waals surface area contributed by atoms with Gasteiger partial charge in [-0.1, -0.05) is 0 Å². The third-order valence-corrected chi connectivity index (χ3v) is 4.81. The molecule has 0 bridgehead atoms. The minimum atomic E-state index is -0.738. The van der Waals surface area contributed by atoms with Gasteiger partial charge in [0.25, 0.3) is 0 Å². The van der Waals surface area contributed by atoms with Crippen LogP contribution in [0.3, 0.4) is 0 Å². The van der Waals surface area contributed by atoms with E-state index < -0.39 is 6.10 Å². The van der Waals surface area contributed by atoms with E-state index in [0.717, 1.165) is 52.0 Å². The summed E-state index contributed by atoms with van der Waals surface area (Å²) in [4.78, 5) is 6.96. The van der Waals surface area contributed by atoms with Gasteiger partial charge >= 0.3 is 0 Å². The van der Waals surface area contributed by atoms with E-state index in [1.807, 2.05) is 6.92 Å². The van der Waals surface area contributed by atoms with E-state index in [-0.39, 0.29) is 42.9 Å². The molecule has 0 radical (unpaired) electrons. The number of likely N-dealkylation sites (tertiary alicyclic amines) is 1. The molecule has 1 heterocycles. The normalized spacial score (nSPS) is 16.6. The Hall–Kier alpha value is -1.17. The summed E-state index contributed by atoms with van der Waals surface area (Å²) in [6.07, 6.45) is 2.45. The molecule has 7 nitrogen and oxygen atoms in total. The molecule has 1 saturated heterocycles. The van der Waals surface area contributed by atoms with Crippen LogP contribution in [0.5, 0.6) is 5.75 Å². The van der Waals surface area contributed by atoms with Crippen LogP contribution in [-0.4, -0.2) is 81.2 Å². The predicted molar refractivity (Wildman–Crippen MR) is 128 cm³/mol. The Balaban J connectivity index is 0.00000450. The van der Waals surface area contributed by atoms with Gasteiger partial charge in [-0.15, -0.1) is 24.0 Å². The van der Waals surface area contributed by atoms with E-state index in [2.05, 4.69) is 20.5 Å². The van der Waals surface area contributed by atoms with Crippen LogP contribution in [0.1, 0.15) is 26.2 Å². The second kappa shape index (κ2) is 15.6. The van der Waals surface area contributed by atoms with Crippen LogP contribution in [0.4, 0.5) is 4.39 Å². The number of guanidine groups is 1. The number of aliphatic hydroxyl groups excluding tert-OH is 1. The van der Waals surface area contributed by atoms with E-state index in [9.17, 15) is 9.50 Å². The molecule has 1 aliphatic rings. The Labute approximate surface area is 196 Å². The zero-order chi connectivity index (χ0) is 20.9. The number of aliphatic hydroxyl groups is 1. The van der Waals surface area contributed by atoms with Crippen molar-refractivity contribution in [1.29, 1.82) is 0 Å². The smallest absolute Gasteiger partial charge is 0.191 e. The van der Waals surface area contributed by atoms with Crippen molar-refractivity contribution in [2.45, 2.75) is 38.3 Å². The first kappa shape index (κ1) is 26.9. The monoisotopic (exact) mass is 538 g/mol. The first-order valence-corrected chi connectivity index (χ1v) is 10.4. The summed E-state index contributed by atoms with van der Waals surface area (Å²) in [5, 5.41) is 16.9. The van der Waals surface area contributed by atoms with Gasteiger partial charge < -0.3 is 30.1 Å². The standard InChI is InChI=1S/C21H35FN4O3.HI/c1-3-23-21(25-18-9-12-26(13-10-18)11-4-14-28-2)24-15-19(27)16-29-20-7-5-17(22)6-8-20;/h5-8,18-19,27H,3-4,9-16H2,1-2H3,(H2,23,24,25);1H. The van der Waals surface area contributed by atoms with Gasteiger partial charge in [0.05, 0.1) is 6.54 Å². The molecule has 0 amide bonds. The number of nitrogens with one attached hydrogen (secondary N) is 2. The molecule has 0 spiro atoms. The van der Waals surface area contributed by atoms with Crippen molar-refractivity contribution in [3.8, 4) is 5.75 Å². The van der Waals surface area contributed by atoms with Crippen molar-refractivity contribution in [3.63, 3.8) is 0 Å². The number of halogens is 2. The lowest BCUT2D eigenvalue weighted by atomic mass is 10.1. The Kier molecular flexibility index (Phi) is 14.0. The molecule has 1 aliphatic heterocycles. The molecule has 172 valence electrons. The molecule has 9 heteroatoms. The van der Waals surface area contributed by atoms with Crippen LogP contribution >= 0.6 is 24.0 Å². The molecule has 1 aromatic rings. The van der Waals surface area contributed by atoms with Crippen LogP contribution < -0.4 is 15.4 Å². The average molecular weight is 538 g/mol. The maximum absolute atomic E-state index is 12.9. The van der Waals surface area contributed by atoms with Gasteiger partial charge in [0.15, 0.2) is 5.96 Å². The maximum Gasteiger partial charge on any atom is 0.191 e. The third-order valence-electron chi connectivity index (χ3n) is 4.81. The molecule has 1 fully saturated rings. The molecule has 0 saturated carbocycles. The first-order valence-electron chi connectivity index (χ1n) is 10.4. The molecular formula is C21H36FIN4O3. The largest absolute Gasteiger partial charge is 0.491 e. The number of hydrogen-bond acceptors (Lipinski definition) is 5. The highest BCUT2D eigenvalue weighted by Crippen LogP contribution is 2.12. The second-order valence-electron chi connectivity index (χ2n) is 7.24. The number of ether oxygens (including phenoxy) is 2. The molecule has 1 atom stereocenters. The number of rotatable bonds is 11. The summed E-state index contributed by atoms with van der Waals surface area (Å²) in [6, 6.07) is 6.11. The van der Waals surface area contributed by atoms with Gasteiger partial charge in [-0.3, -0.25) is 4.99 Å². The molecule has 3 N–H and O–H groups in total. The third kappa shape index (κ3) is 10.7. The number of benzene rings is 1. The molecule has 0 aliphatic carbocycles. The SMILES string of the molecule is CCNC(=NCC(O)COc1ccc(F)cc1)NC1CCN(CCCOC)CC1.I. The average Bonchev–Trinajstić information content (AvgIpc) is 2.73. The second-order valence-corrected chi connectivity index (χ2v) is 7.24. The van der Waals surface area contributed by atoms with E-state index in [1.54, 1.807) is 19.2 Å². The molecule has 2 rings (SSSR count). The van der Waals surface area contributed by atoms with Crippen molar-refractivity contribution >= 4 is 29.9 Å². The highest BCUT2D eigenvalue weighted by atomic mass is 127. The fourth-order valence-electron chi connectivity index (χ4n) is 3.22. The molecule has 0 aromatic heterocycles. The van der Waals surface area contributed by atoms with Crippen LogP contribution in [0.15, 0.2) is 29.3 Å². The molecular weight excluding hydrogens is 502 g/mol. The summed E-state index contributed by atoms with van der Waals surface area (Å²) in [5.41, 5.74) is 0. The van der Waals surface area contributed by atoms with Crippen molar-refractivity contribution < 1.29 is 19.0 Å². The molecule has 1 aromatic carbocycles. The van der Waals surface area contributed by atoms with Crippen molar-refractivity contribution in [3.05, 3.63) is 30.1 Å². The highest BCUT2D eigenvalue weighted by Gasteiger charge is 2.19. The minimum Gasteiger partial charge on any atom is -0.491 e. The Morgan fingerprint density at radius 2 is 2.00 bits per heavy atom.